The average molecular weight is 467 g/mol. The van der Waals surface area contributed by atoms with Crippen LogP contribution in [0.4, 0.5) is 11.4 Å². The maximum absolute atomic E-state index is 11.4. The molecule has 3 unspecified atom stereocenters. The zero-order chi connectivity index (χ0) is 23.6. The first-order valence-electron chi connectivity index (χ1n) is 12.3. The first-order valence-corrected chi connectivity index (χ1v) is 13.1. The van der Waals surface area contributed by atoms with Crippen molar-refractivity contribution in [3.8, 4) is 0 Å². The van der Waals surface area contributed by atoms with Crippen LogP contribution < -0.4 is 15.8 Å². The van der Waals surface area contributed by atoms with Crippen molar-refractivity contribution in [2.75, 3.05) is 11.9 Å². The first-order chi connectivity index (χ1) is 16.1. The molecule has 0 aliphatic heterocycles. The van der Waals surface area contributed by atoms with E-state index in [-0.39, 0.29) is 0 Å². The molecule has 3 aliphatic rings. The number of carbonyl (C=O) groups excluding carboxylic acids is 1. The molecular formula is C27H38N4OS. The van der Waals surface area contributed by atoms with Gasteiger partial charge in [0, 0.05) is 23.4 Å². The number of aliphatic imine (C=N–C) groups is 1. The van der Waals surface area contributed by atoms with E-state index < -0.39 is 5.91 Å². The van der Waals surface area contributed by atoms with Crippen LogP contribution >= 0.6 is 11.9 Å². The molecule has 33 heavy (non-hydrogen) atoms. The fraction of sp³-hybridized carbons (Fsp3) is 0.481. The Morgan fingerprint density at radius 3 is 2.79 bits per heavy atom. The van der Waals surface area contributed by atoms with Gasteiger partial charge in [-0.2, -0.15) is 0 Å². The average Bonchev–Trinajstić information content (AvgIpc) is 2.87. The number of rotatable bonds is 8. The Morgan fingerprint density at radius 2 is 2.06 bits per heavy atom. The molecule has 0 radical (unpaired) electrons. The number of hydrogen-bond donors (Lipinski definition) is 3. The minimum atomic E-state index is -0.455. The standard InChI is InChI=1S/C25H32N4OS.C2H6/c1-27-24-15-19(25(26)30)11-14-23(24)28-16-17-9-12-20(13-10-17)31-29-22-8-4-6-18-5-2-3-7-21(18)22;1-2/h3,7,9,11-12,14-15,17,20,22,28-29H,1-2,4-6,8,10,13,16H2,(H2,26,30);1-2H3. The summed E-state index contributed by atoms with van der Waals surface area (Å²) in [4.78, 5) is 15.4. The number of nitrogens with one attached hydrogen (secondary N) is 2. The van der Waals surface area contributed by atoms with Gasteiger partial charge in [-0.05, 0) is 81.4 Å². The van der Waals surface area contributed by atoms with Crippen molar-refractivity contribution < 1.29 is 4.79 Å². The van der Waals surface area contributed by atoms with Gasteiger partial charge in [-0.3, -0.25) is 14.5 Å². The maximum atomic E-state index is 11.4. The van der Waals surface area contributed by atoms with E-state index in [9.17, 15) is 4.79 Å². The molecule has 5 nitrogen and oxygen atoms in total. The second kappa shape index (κ2) is 12.8. The molecule has 1 aromatic carbocycles. The molecule has 1 aromatic rings. The highest BCUT2D eigenvalue weighted by atomic mass is 32.2. The van der Waals surface area contributed by atoms with Gasteiger partial charge in [0.05, 0.1) is 11.4 Å². The number of amides is 1. The number of carbonyl (C=O) groups is 1. The van der Waals surface area contributed by atoms with Gasteiger partial charge in [-0.25, -0.2) is 0 Å². The number of anilines is 1. The van der Waals surface area contributed by atoms with Crippen LogP contribution in [-0.2, 0) is 0 Å². The minimum absolute atomic E-state index is 0.447. The zero-order valence-corrected chi connectivity index (χ0v) is 20.8. The molecule has 0 saturated carbocycles. The van der Waals surface area contributed by atoms with Gasteiger partial charge < -0.3 is 11.1 Å². The number of nitrogens with two attached hydrogens (primary N) is 1. The highest BCUT2D eigenvalue weighted by Crippen LogP contribution is 2.34. The molecule has 0 aromatic heterocycles. The lowest BCUT2D eigenvalue weighted by Gasteiger charge is -2.31. The van der Waals surface area contributed by atoms with E-state index in [0.717, 1.165) is 18.7 Å². The summed E-state index contributed by atoms with van der Waals surface area (Å²) >= 11 is 1.89. The van der Waals surface area contributed by atoms with Gasteiger partial charge in [-0.15, -0.1) is 0 Å². The molecule has 4 rings (SSSR count). The van der Waals surface area contributed by atoms with Crippen molar-refractivity contribution in [2.45, 2.75) is 70.1 Å². The second-order valence-electron chi connectivity index (χ2n) is 8.58. The van der Waals surface area contributed by atoms with Crippen LogP contribution in [-0.4, -0.2) is 30.5 Å². The third-order valence-corrected chi connectivity index (χ3v) is 7.57. The first kappa shape index (κ1) is 25.3. The summed E-state index contributed by atoms with van der Waals surface area (Å²) in [6, 6.07) is 5.76. The summed E-state index contributed by atoms with van der Waals surface area (Å²) in [7, 11) is 0. The Morgan fingerprint density at radius 1 is 1.21 bits per heavy atom. The van der Waals surface area contributed by atoms with Crippen LogP contribution in [0.15, 0.2) is 58.6 Å². The summed E-state index contributed by atoms with van der Waals surface area (Å²) in [5.74, 6) is 0.0275. The molecule has 0 spiro atoms. The number of hydrogen-bond acceptors (Lipinski definition) is 5. The van der Waals surface area contributed by atoms with E-state index in [1.165, 1.54) is 38.5 Å². The molecule has 178 valence electrons. The van der Waals surface area contributed by atoms with Crippen molar-refractivity contribution in [1.29, 1.82) is 0 Å². The topological polar surface area (TPSA) is 79.5 Å². The van der Waals surface area contributed by atoms with E-state index in [1.807, 2.05) is 31.9 Å². The van der Waals surface area contributed by atoms with E-state index in [4.69, 9.17) is 5.73 Å². The summed E-state index contributed by atoms with van der Waals surface area (Å²) in [5, 5.41) is 3.98. The van der Waals surface area contributed by atoms with Crippen LogP contribution in [0.2, 0.25) is 0 Å². The summed E-state index contributed by atoms with van der Waals surface area (Å²) in [6.07, 6.45) is 18.0. The predicted octanol–water partition coefficient (Wildman–Crippen LogP) is 6.33. The summed E-state index contributed by atoms with van der Waals surface area (Å²) in [6.45, 7) is 8.44. The van der Waals surface area contributed by atoms with Crippen molar-refractivity contribution >= 4 is 35.9 Å². The Hall–Kier alpha value is -2.31. The molecule has 1 amide bonds. The Balaban J connectivity index is 0.00000149. The lowest BCUT2D eigenvalue weighted by Crippen LogP contribution is -2.31. The van der Waals surface area contributed by atoms with Crippen LogP contribution in [0.25, 0.3) is 0 Å². The predicted molar refractivity (Wildman–Crippen MR) is 143 cm³/mol. The van der Waals surface area contributed by atoms with Crippen LogP contribution in [0, 0.1) is 5.92 Å². The Kier molecular flexibility index (Phi) is 9.82. The normalized spacial score (nSPS) is 23.9. The third kappa shape index (κ3) is 6.84. The van der Waals surface area contributed by atoms with Gasteiger partial charge in [0.15, 0.2) is 0 Å². The quantitative estimate of drug-likeness (QED) is 0.238. The molecule has 3 atom stereocenters. The molecule has 6 heteroatoms. The fourth-order valence-electron chi connectivity index (χ4n) is 4.66. The number of allylic oxidation sites excluding steroid dienone is 2. The van der Waals surface area contributed by atoms with Gasteiger partial charge in [0.25, 0.3) is 0 Å². The zero-order valence-electron chi connectivity index (χ0n) is 20.0. The maximum Gasteiger partial charge on any atom is 0.248 e. The van der Waals surface area contributed by atoms with E-state index in [1.54, 1.807) is 23.3 Å². The second-order valence-corrected chi connectivity index (χ2v) is 9.65. The lowest BCUT2D eigenvalue weighted by atomic mass is 9.83. The molecule has 3 aliphatic carbocycles. The van der Waals surface area contributed by atoms with E-state index in [0.29, 0.717) is 28.5 Å². The van der Waals surface area contributed by atoms with Crippen molar-refractivity contribution in [3.05, 3.63) is 59.2 Å². The van der Waals surface area contributed by atoms with E-state index >= 15 is 0 Å². The smallest absolute Gasteiger partial charge is 0.248 e. The van der Waals surface area contributed by atoms with Crippen LogP contribution in [0.5, 0.6) is 0 Å². The third-order valence-electron chi connectivity index (χ3n) is 6.45. The molecular weight excluding hydrogens is 428 g/mol. The fourth-order valence-corrected chi connectivity index (χ4v) is 5.66. The molecule has 0 bridgehead atoms. The molecule has 0 fully saturated rings. The van der Waals surface area contributed by atoms with Gasteiger partial charge in [-0.1, -0.05) is 55.7 Å². The Bertz CT molecular complexity index is 921. The van der Waals surface area contributed by atoms with Crippen LogP contribution in [0.1, 0.15) is 69.2 Å². The van der Waals surface area contributed by atoms with Crippen molar-refractivity contribution in [3.63, 3.8) is 0 Å². The number of benzene rings is 1. The molecule has 0 saturated heterocycles. The van der Waals surface area contributed by atoms with Gasteiger partial charge in [0.1, 0.15) is 0 Å². The molecule has 0 heterocycles. The van der Waals surface area contributed by atoms with Gasteiger partial charge in [0.2, 0.25) is 5.91 Å². The van der Waals surface area contributed by atoms with Crippen molar-refractivity contribution in [1.82, 2.24) is 4.72 Å². The minimum Gasteiger partial charge on any atom is -0.383 e. The number of nitrogens with zero attached hydrogens (tertiary/aromatic N) is 1. The lowest BCUT2D eigenvalue weighted by molar-refractivity contribution is 0.100. The largest absolute Gasteiger partial charge is 0.383 e. The van der Waals surface area contributed by atoms with E-state index in [2.05, 4.69) is 46.1 Å². The van der Waals surface area contributed by atoms with Crippen molar-refractivity contribution in [2.24, 2.45) is 16.6 Å². The Labute approximate surface area is 203 Å². The number of primary amides is 1. The SMILES string of the molecule is C=Nc1cc(C(N)=O)ccc1NCC1C=CC(SNC2CCCC3=C2C=CCC3)CC1.CC. The van der Waals surface area contributed by atoms with Gasteiger partial charge >= 0.3 is 0 Å². The monoisotopic (exact) mass is 466 g/mol. The summed E-state index contributed by atoms with van der Waals surface area (Å²) < 4.78 is 3.78. The highest BCUT2D eigenvalue weighted by molar-refractivity contribution is 7.98. The summed E-state index contributed by atoms with van der Waals surface area (Å²) in [5.41, 5.74) is 10.6. The van der Waals surface area contributed by atoms with Crippen LogP contribution in [0.3, 0.4) is 0 Å². The molecule has 4 N–H and O–H groups in total. The highest BCUT2D eigenvalue weighted by Gasteiger charge is 2.24.